The van der Waals surface area contributed by atoms with Crippen molar-refractivity contribution in [1.82, 2.24) is 0 Å². The van der Waals surface area contributed by atoms with Gasteiger partial charge < -0.3 is 9.47 Å². The van der Waals surface area contributed by atoms with E-state index in [1.165, 1.54) is 0 Å². The van der Waals surface area contributed by atoms with Gasteiger partial charge in [0.05, 0.1) is 11.3 Å². The van der Waals surface area contributed by atoms with E-state index in [0.717, 1.165) is 64.2 Å². The second-order valence-corrected chi connectivity index (χ2v) is 8.98. The Kier molecular flexibility index (Phi) is 4.94. The minimum Gasteiger partial charge on any atom is -0.462 e. The molecule has 3 fully saturated rings. The highest BCUT2D eigenvalue weighted by Crippen LogP contribution is 2.50. The van der Waals surface area contributed by atoms with Crippen LogP contribution in [0.5, 0.6) is 0 Å². The van der Waals surface area contributed by atoms with Crippen molar-refractivity contribution in [1.29, 1.82) is 0 Å². The minimum absolute atomic E-state index is 0.00371. The maximum absolute atomic E-state index is 12.4. The summed E-state index contributed by atoms with van der Waals surface area (Å²) in [5.74, 6) is -0.0522. The molecule has 1 atom stereocenters. The van der Waals surface area contributed by atoms with Crippen LogP contribution in [0.1, 0.15) is 85.0 Å². The average Bonchev–Trinajstić information content (AvgIpc) is 3.27. The molecule has 0 N–H and O–H groups in total. The quantitative estimate of drug-likeness (QED) is 0.698. The van der Waals surface area contributed by atoms with Crippen LogP contribution in [0.15, 0.2) is 0 Å². The van der Waals surface area contributed by atoms with E-state index in [2.05, 4.69) is 20.8 Å². The first kappa shape index (κ1) is 17.8. The van der Waals surface area contributed by atoms with Crippen LogP contribution in [-0.4, -0.2) is 24.1 Å². The molecule has 3 aliphatic rings. The van der Waals surface area contributed by atoms with Gasteiger partial charge in [-0.2, -0.15) is 0 Å². The van der Waals surface area contributed by atoms with Gasteiger partial charge in [0, 0.05) is 0 Å². The summed E-state index contributed by atoms with van der Waals surface area (Å²) in [4.78, 5) is 24.6. The van der Waals surface area contributed by atoms with Crippen LogP contribution < -0.4 is 0 Å². The van der Waals surface area contributed by atoms with Crippen molar-refractivity contribution in [2.75, 3.05) is 0 Å². The molecule has 3 rings (SSSR count). The Morgan fingerprint density at radius 3 is 2.08 bits per heavy atom. The highest BCUT2D eigenvalue weighted by molar-refractivity contribution is 5.80. The molecule has 0 aromatic carbocycles. The zero-order valence-electron chi connectivity index (χ0n) is 15.4. The van der Waals surface area contributed by atoms with Gasteiger partial charge in [-0.05, 0) is 69.6 Å². The molecule has 136 valence electrons. The van der Waals surface area contributed by atoms with Crippen LogP contribution in [0.2, 0.25) is 0 Å². The summed E-state index contributed by atoms with van der Waals surface area (Å²) in [7, 11) is 0. The van der Waals surface area contributed by atoms with Crippen LogP contribution in [-0.2, 0) is 19.1 Å². The largest absolute Gasteiger partial charge is 0.462 e. The van der Waals surface area contributed by atoms with E-state index in [9.17, 15) is 9.59 Å². The van der Waals surface area contributed by atoms with Crippen LogP contribution in [0, 0.1) is 16.7 Å². The first-order chi connectivity index (χ1) is 11.3. The highest BCUT2D eigenvalue weighted by atomic mass is 16.5. The zero-order valence-corrected chi connectivity index (χ0v) is 15.4. The summed E-state index contributed by atoms with van der Waals surface area (Å²) in [5, 5.41) is 0. The van der Waals surface area contributed by atoms with Crippen molar-refractivity contribution < 1.29 is 19.1 Å². The second-order valence-electron chi connectivity index (χ2n) is 8.98. The van der Waals surface area contributed by atoms with Crippen molar-refractivity contribution in [2.24, 2.45) is 16.7 Å². The number of carbonyl (C=O) groups excluding carboxylic acids is 2. The highest BCUT2D eigenvalue weighted by Gasteiger charge is 2.50. The number of rotatable bonds is 5. The van der Waals surface area contributed by atoms with Crippen LogP contribution in [0.4, 0.5) is 0 Å². The van der Waals surface area contributed by atoms with Crippen molar-refractivity contribution in [3.8, 4) is 0 Å². The molecule has 3 saturated carbocycles. The topological polar surface area (TPSA) is 52.6 Å². The lowest BCUT2D eigenvalue weighted by Crippen LogP contribution is -2.32. The molecule has 0 saturated heterocycles. The minimum atomic E-state index is -0.176. The molecule has 24 heavy (non-hydrogen) atoms. The first-order valence-electron chi connectivity index (χ1n) is 9.75. The van der Waals surface area contributed by atoms with E-state index in [1.807, 2.05) is 0 Å². The molecule has 0 amide bonds. The van der Waals surface area contributed by atoms with Crippen molar-refractivity contribution in [2.45, 2.75) is 97.2 Å². The lowest BCUT2D eigenvalue weighted by molar-refractivity contribution is -0.161. The molecule has 4 heteroatoms. The summed E-state index contributed by atoms with van der Waals surface area (Å²) < 4.78 is 11.4. The summed E-state index contributed by atoms with van der Waals surface area (Å²) in [6, 6.07) is 0. The Labute approximate surface area is 145 Å². The van der Waals surface area contributed by atoms with E-state index >= 15 is 0 Å². The van der Waals surface area contributed by atoms with Gasteiger partial charge in [-0.15, -0.1) is 0 Å². The van der Waals surface area contributed by atoms with Gasteiger partial charge in [0.25, 0.3) is 0 Å². The van der Waals surface area contributed by atoms with Crippen LogP contribution in [0.3, 0.4) is 0 Å². The molecule has 1 unspecified atom stereocenters. The average molecular weight is 336 g/mol. The zero-order chi connectivity index (χ0) is 17.4. The normalized spacial score (nSPS) is 33.7. The van der Waals surface area contributed by atoms with Crippen molar-refractivity contribution in [3.63, 3.8) is 0 Å². The van der Waals surface area contributed by atoms with E-state index in [-0.39, 0.29) is 35.5 Å². The third kappa shape index (κ3) is 3.94. The Morgan fingerprint density at radius 2 is 1.58 bits per heavy atom. The van der Waals surface area contributed by atoms with Crippen LogP contribution >= 0.6 is 0 Å². The number of hydrogen-bond acceptors (Lipinski definition) is 4. The second kappa shape index (κ2) is 6.68. The Hall–Kier alpha value is -1.06. The molecule has 4 nitrogen and oxygen atoms in total. The lowest BCUT2D eigenvalue weighted by atomic mass is 9.87. The predicted molar refractivity (Wildman–Crippen MR) is 91.3 cm³/mol. The van der Waals surface area contributed by atoms with Gasteiger partial charge in [-0.25, -0.2) is 0 Å². The third-order valence-electron chi connectivity index (χ3n) is 6.45. The fourth-order valence-electron chi connectivity index (χ4n) is 4.28. The molecule has 0 radical (unpaired) electrons. The number of hydrogen-bond donors (Lipinski definition) is 0. The molecule has 0 spiro atoms. The maximum Gasteiger partial charge on any atom is 0.312 e. The standard InChI is InChI=1S/C20H32O4/c1-4-20(11-12-20)18(22)24-15-7-5-14(6-8-15)17(21)23-16-9-10-19(2,3)13-16/h14-16H,4-13H2,1-3H3. The number of carbonyl (C=O) groups is 2. The van der Waals surface area contributed by atoms with Gasteiger partial charge in [-0.3, -0.25) is 9.59 Å². The monoisotopic (exact) mass is 336 g/mol. The Balaban J connectivity index is 1.40. The summed E-state index contributed by atoms with van der Waals surface area (Å²) in [5.41, 5.74) is 0.125. The Morgan fingerprint density at radius 1 is 0.917 bits per heavy atom. The fraction of sp³-hybridized carbons (Fsp3) is 0.900. The van der Waals surface area contributed by atoms with Gasteiger partial charge in [0.1, 0.15) is 12.2 Å². The van der Waals surface area contributed by atoms with E-state index < -0.39 is 0 Å². The molecular formula is C20H32O4. The smallest absolute Gasteiger partial charge is 0.312 e. The molecular weight excluding hydrogens is 304 g/mol. The van der Waals surface area contributed by atoms with E-state index in [1.54, 1.807) is 0 Å². The van der Waals surface area contributed by atoms with Crippen LogP contribution in [0.25, 0.3) is 0 Å². The summed E-state index contributed by atoms with van der Waals surface area (Å²) in [6.45, 7) is 6.54. The van der Waals surface area contributed by atoms with Gasteiger partial charge in [0.15, 0.2) is 0 Å². The predicted octanol–water partition coefficient (Wildman–Crippen LogP) is 4.40. The molecule has 0 aliphatic heterocycles. The third-order valence-corrected chi connectivity index (χ3v) is 6.45. The first-order valence-corrected chi connectivity index (χ1v) is 9.75. The van der Waals surface area contributed by atoms with E-state index in [4.69, 9.17) is 9.47 Å². The molecule has 0 heterocycles. The van der Waals surface area contributed by atoms with Gasteiger partial charge >= 0.3 is 11.9 Å². The lowest BCUT2D eigenvalue weighted by Gasteiger charge is -2.29. The number of esters is 2. The molecule has 3 aliphatic carbocycles. The van der Waals surface area contributed by atoms with Crippen molar-refractivity contribution >= 4 is 11.9 Å². The SMILES string of the molecule is CCC1(C(=O)OC2CCC(C(=O)OC3CCC(C)(C)C3)CC2)CC1. The van der Waals surface area contributed by atoms with Gasteiger partial charge in [-0.1, -0.05) is 20.8 Å². The molecule has 0 aromatic rings. The molecule has 0 aromatic heterocycles. The van der Waals surface area contributed by atoms with E-state index in [0.29, 0.717) is 5.41 Å². The van der Waals surface area contributed by atoms with Gasteiger partial charge in [0.2, 0.25) is 0 Å². The molecule has 0 bridgehead atoms. The fourth-order valence-corrected chi connectivity index (χ4v) is 4.28. The summed E-state index contributed by atoms with van der Waals surface area (Å²) >= 11 is 0. The Bertz CT molecular complexity index is 484. The summed E-state index contributed by atoms with van der Waals surface area (Å²) in [6.07, 6.45) is 9.18. The number of ether oxygens (including phenoxy) is 2. The van der Waals surface area contributed by atoms with Crippen molar-refractivity contribution in [3.05, 3.63) is 0 Å². The maximum atomic E-state index is 12.4.